The Labute approximate surface area is 63.5 Å². The molecule has 0 fully saturated rings. The molecule has 1 rings (SSSR count). The Morgan fingerprint density at radius 1 is 1.82 bits per heavy atom. The smallest absolute Gasteiger partial charge is 0.354 e. The van der Waals surface area contributed by atoms with Gasteiger partial charge in [-0.1, -0.05) is 0 Å². The predicted molar refractivity (Wildman–Crippen MR) is 36.6 cm³/mol. The average Bonchev–Trinajstić information content (AvgIpc) is 2.05. The highest BCUT2D eigenvalue weighted by Crippen LogP contribution is 2.04. The molecule has 0 aliphatic rings. The van der Waals surface area contributed by atoms with Gasteiger partial charge in [-0.05, 0) is 12.1 Å². The van der Waals surface area contributed by atoms with Crippen LogP contribution in [0.3, 0.4) is 0 Å². The third kappa shape index (κ3) is 1.67. The van der Waals surface area contributed by atoms with Crippen molar-refractivity contribution < 1.29 is 14.6 Å². The Balaban J connectivity index is 3.01. The molecule has 1 aromatic heterocycles. The van der Waals surface area contributed by atoms with Crippen LogP contribution in [0.4, 0.5) is 0 Å². The zero-order valence-corrected chi connectivity index (χ0v) is 5.87. The van der Waals surface area contributed by atoms with E-state index in [-0.39, 0.29) is 11.6 Å². The van der Waals surface area contributed by atoms with E-state index in [2.05, 4.69) is 15.8 Å². The first kappa shape index (κ1) is 7.53. The number of carboxylic acid groups (broad SMARTS) is 1. The summed E-state index contributed by atoms with van der Waals surface area (Å²) in [7, 11) is 1.41. The van der Waals surface area contributed by atoms with E-state index in [9.17, 15) is 4.79 Å². The number of aromatic carboxylic acids is 1. The van der Waals surface area contributed by atoms with Crippen molar-refractivity contribution in [3.63, 3.8) is 0 Å². The first-order chi connectivity index (χ1) is 5.24. The van der Waals surface area contributed by atoms with E-state index in [1.807, 2.05) is 0 Å². The fourth-order valence-corrected chi connectivity index (χ4v) is 0.595. The number of ether oxygens (including phenoxy) is 1. The van der Waals surface area contributed by atoms with Gasteiger partial charge in [0.15, 0.2) is 5.69 Å². The number of methoxy groups -OCH3 is 1. The normalized spacial score (nSPS) is 9.18. The van der Waals surface area contributed by atoms with Gasteiger partial charge in [0.25, 0.3) is 0 Å². The minimum Gasteiger partial charge on any atom is -0.481 e. The van der Waals surface area contributed by atoms with Crippen LogP contribution in [0.5, 0.6) is 5.88 Å². The SMILES string of the molecule is COc1[c]ccc(C(=O)O)n1. The fourth-order valence-electron chi connectivity index (χ4n) is 0.595. The molecule has 1 N–H and O–H groups in total. The zero-order valence-electron chi connectivity index (χ0n) is 5.87. The minimum absolute atomic E-state index is 0.0411. The number of carboxylic acids is 1. The molecule has 1 aromatic rings. The average molecular weight is 152 g/mol. The number of carbonyl (C=O) groups is 1. The number of hydrogen-bond donors (Lipinski definition) is 1. The maximum absolute atomic E-state index is 10.3. The Bertz CT molecular complexity index is 272. The van der Waals surface area contributed by atoms with Gasteiger partial charge in [-0.15, -0.1) is 0 Å². The molecule has 0 aromatic carbocycles. The van der Waals surface area contributed by atoms with Crippen molar-refractivity contribution in [1.29, 1.82) is 0 Å². The van der Waals surface area contributed by atoms with E-state index in [1.165, 1.54) is 19.2 Å². The van der Waals surface area contributed by atoms with Crippen molar-refractivity contribution in [3.05, 3.63) is 23.9 Å². The summed E-state index contributed by atoms with van der Waals surface area (Å²) < 4.78 is 4.68. The van der Waals surface area contributed by atoms with Gasteiger partial charge in [0, 0.05) is 6.07 Å². The van der Waals surface area contributed by atoms with E-state index >= 15 is 0 Å². The molecule has 0 bridgehead atoms. The van der Waals surface area contributed by atoms with Crippen molar-refractivity contribution in [1.82, 2.24) is 4.98 Å². The topological polar surface area (TPSA) is 59.4 Å². The molecule has 57 valence electrons. The molecule has 0 unspecified atom stereocenters. The van der Waals surface area contributed by atoms with Crippen molar-refractivity contribution >= 4 is 5.97 Å². The van der Waals surface area contributed by atoms with E-state index < -0.39 is 5.97 Å². The van der Waals surface area contributed by atoms with E-state index in [0.29, 0.717) is 0 Å². The highest BCUT2D eigenvalue weighted by atomic mass is 16.5. The summed E-state index contributed by atoms with van der Waals surface area (Å²) >= 11 is 0. The molecule has 0 atom stereocenters. The monoisotopic (exact) mass is 152 g/mol. The van der Waals surface area contributed by atoms with Crippen LogP contribution in [0.1, 0.15) is 10.5 Å². The summed E-state index contributed by atoms with van der Waals surface area (Å²) in [5, 5.41) is 8.47. The maximum atomic E-state index is 10.3. The molecule has 0 aliphatic carbocycles. The zero-order chi connectivity index (χ0) is 8.27. The summed E-state index contributed by atoms with van der Waals surface area (Å²) in [5.41, 5.74) is -0.0411. The second-order valence-electron chi connectivity index (χ2n) is 1.79. The molecule has 0 aliphatic heterocycles. The van der Waals surface area contributed by atoms with E-state index in [0.717, 1.165) is 0 Å². The fraction of sp³-hybridized carbons (Fsp3) is 0.143. The van der Waals surface area contributed by atoms with Crippen LogP contribution in [0.15, 0.2) is 12.1 Å². The van der Waals surface area contributed by atoms with Crippen molar-refractivity contribution in [2.75, 3.05) is 7.11 Å². The van der Waals surface area contributed by atoms with Crippen LogP contribution in [-0.2, 0) is 0 Å². The molecular formula is C7H6NO3. The van der Waals surface area contributed by atoms with Gasteiger partial charge >= 0.3 is 5.97 Å². The summed E-state index contributed by atoms with van der Waals surface area (Å²) in [6.07, 6.45) is 0. The maximum Gasteiger partial charge on any atom is 0.354 e. The molecule has 1 radical (unpaired) electrons. The van der Waals surface area contributed by atoms with E-state index in [1.54, 1.807) is 0 Å². The predicted octanol–water partition coefficient (Wildman–Crippen LogP) is 0.589. The summed E-state index contributed by atoms with van der Waals surface area (Å²) in [5.74, 6) is -0.887. The molecule has 4 nitrogen and oxygen atoms in total. The van der Waals surface area contributed by atoms with Gasteiger partial charge in [-0.3, -0.25) is 0 Å². The second-order valence-corrected chi connectivity index (χ2v) is 1.79. The lowest BCUT2D eigenvalue weighted by Crippen LogP contribution is -2.00. The third-order valence-corrected chi connectivity index (χ3v) is 1.08. The summed E-state index contributed by atoms with van der Waals surface area (Å²) in [6, 6.07) is 5.42. The molecule has 0 spiro atoms. The lowest BCUT2D eigenvalue weighted by Gasteiger charge is -1.97. The highest BCUT2D eigenvalue weighted by molar-refractivity contribution is 5.85. The first-order valence-electron chi connectivity index (χ1n) is 2.90. The van der Waals surface area contributed by atoms with Crippen LogP contribution in [0.2, 0.25) is 0 Å². The van der Waals surface area contributed by atoms with Crippen molar-refractivity contribution in [2.45, 2.75) is 0 Å². The summed E-state index contributed by atoms with van der Waals surface area (Å²) in [6.45, 7) is 0. The Kier molecular flexibility index (Phi) is 2.06. The van der Waals surface area contributed by atoms with Crippen LogP contribution in [0, 0.1) is 6.07 Å². The molecule has 1 heterocycles. The van der Waals surface area contributed by atoms with Gasteiger partial charge in [-0.2, -0.15) is 0 Å². The second kappa shape index (κ2) is 3.01. The van der Waals surface area contributed by atoms with Gasteiger partial charge in [0.05, 0.1) is 7.11 Å². The highest BCUT2D eigenvalue weighted by Gasteiger charge is 2.04. The standard InChI is InChI=1S/C7H6NO3/c1-11-6-4-2-3-5(8-6)7(9)10/h2-3H,1H3,(H,9,10). The molecule has 0 amide bonds. The van der Waals surface area contributed by atoms with Gasteiger partial charge < -0.3 is 9.84 Å². The number of hydrogen-bond acceptors (Lipinski definition) is 3. The van der Waals surface area contributed by atoms with Crippen LogP contribution >= 0.6 is 0 Å². The number of rotatable bonds is 2. The van der Waals surface area contributed by atoms with Gasteiger partial charge in [0.1, 0.15) is 0 Å². The summed E-state index contributed by atoms with van der Waals surface area (Å²) in [4.78, 5) is 14.0. The number of nitrogens with zero attached hydrogens (tertiary/aromatic N) is 1. The lowest BCUT2D eigenvalue weighted by molar-refractivity contribution is 0.0689. The molecule has 0 saturated carbocycles. The molecule has 4 heteroatoms. The Morgan fingerprint density at radius 3 is 3.09 bits per heavy atom. The molecule has 11 heavy (non-hydrogen) atoms. The minimum atomic E-state index is -1.07. The third-order valence-electron chi connectivity index (χ3n) is 1.08. The quantitative estimate of drug-likeness (QED) is 0.673. The molecule has 0 saturated heterocycles. The molecular weight excluding hydrogens is 146 g/mol. The first-order valence-corrected chi connectivity index (χ1v) is 2.90. The lowest BCUT2D eigenvalue weighted by atomic mass is 10.3. The van der Waals surface area contributed by atoms with Crippen molar-refractivity contribution in [3.8, 4) is 5.88 Å². The van der Waals surface area contributed by atoms with Crippen molar-refractivity contribution in [2.24, 2.45) is 0 Å². The van der Waals surface area contributed by atoms with Gasteiger partial charge in [0.2, 0.25) is 5.88 Å². The van der Waals surface area contributed by atoms with E-state index in [4.69, 9.17) is 5.11 Å². The van der Waals surface area contributed by atoms with Crippen LogP contribution in [-0.4, -0.2) is 23.2 Å². The number of pyridine rings is 1. The Hall–Kier alpha value is -1.58. The largest absolute Gasteiger partial charge is 0.481 e. The van der Waals surface area contributed by atoms with Gasteiger partial charge in [-0.25, -0.2) is 9.78 Å². The van der Waals surface area contributed by atoms with Crippen LogP contribution in [0.25, 0.3) is 0 Å². The number of aromatic nitrogens is 1. The Morgan fingerprint density at radius 2 is 2.55 bits per heavy atom. The van der Waals surface area contributed by atoms with Crippen LogP contribution < -0.4 is 4.74 Å².